The molecule has 8 N–H and O–H groups in total. The number of hydrogen-bond acceptors (Lipinski definition) is 20. The highest BCUT2D eigenvalue weighted by molar-refractivity contribution is 7.22. The zero-order valence-corrected chi connectivity index (χ0v) is 72.3. The number of carbonyl (C=O) groups is 4. The molecule has 4 aromatic heterocycles. The number of carbonyl (C=O) groups excluding carboxylic acids is 4. The van der Waals surface area contributed by atoms with E-state index in [9.17, 15) is 44.0 Å². The first-order chi connectivity index (χ1) is 59.8. The topological polar surface area (TPSA) is 234 Å². The standard InChI is InChI=1S/2C26H25NO3S.C25H22FNO3S.C25H23NO3S/c1-3-27-15-14-18-6-11-21(12-7-18)30-25-22-13-10-20(28)16-23(22)31-26(25)24(29)19-8-4-17(2)5-9-19;1-3-27-15-14-18-8-11-20(12-9-18)30-25-22-13-10-19(28)16-23(22)31-26(25)24(29)21-7-5-4-6-17(21)2;1-2-27-14-13-16-7-10-18(11-8-16)30-24-20-12-9-17(28)15-22(20)31-25(24)23(29)19-5-3-4-6-21(19)26;1-2-26-15-14-17-8-11-20(12-9-17)29-24-21-13-10-19(27)16-22(21)30-25(24)23(28)18-6-4-3-5-7-18/h2*4-13,16,27-28H,3,14-15H2,1-2H3;3-12,15,27-28H,2,13-14H2,1H3;3-13,16,26-27H,2,14-15H2,1H3. The second kappa shape index (κ2) is 42.7. The fourth-order valence-electron chi connectivity index (χ4n) is 13.5. The number of phenolic OH excluding ortho intramolecular Hbond substituents is 4. The van der Waals surface area contributed by atoms with Gasteiger partial charge < -0.3 is 60.6 Å². The predicted molar refractivity (Wildman–Crippen MR) is 498 cm³/mol. The highest BCUT2D eigenvalue weighted by Crippen LogP contribution is 2.48. The van der Waals surface area contributed by atoms with Crippen LogP contribution in [0.25, 0.3) is 40.3 Å². The van der Waals surface area contributed by atoms with Crippen molar-refractivity contribution in [3.05, 3.63) is 354 Å². The monoisotopic (exact) mass is 1710 g/mol. The smallest absolute Gasteiger partial charge is 0.209 e. The van der Waals surface area contributed by atoms with Crippen LogP contribution in [0.1, 0.15) is 122 Å². The van der Waals surface area contributed by atoms with Gasteiger partial charge in [-0.3, -0.25) is 19.2 Å². The Balaban J connectivity index is 0.000000141. The highest BCUT2D eigenvalue weighted by Gasteiger charge is 2.28. The molecular formula is C102H95FN4O12S4. The Labute approximate surface area is 730 Å². The van der Waals surface area contributed by atoms with Gasteiger partial charge in [0.1, 0.15) is 71.3 Å². The van der Waals surface area contributed by atoms with Crippen molar-refractivity contribution in [3.63, 3.8) is 0 Å². The second-order valence-electron chi connectivity index (χ2n) is 29.0. The number of halogens is 1. The molecule has 0 saturated carbocycles. The second-order valence-corrected chi connectivity index (χ2v) is 33.2. The summed E-state index contributed by atoms with van der Waals surface area (Å²) in [5, 5.41) is 55.9. The van der Waals surface area contributed by atoms with Gasteiger partial charge in [-0.25, -0.2) is 4.39 Å². The summed E-state index contributed by atoms with van der Waals surface area (Å²) < 4.78 is 42.3. The summed E-state index contributed by atoms with van der Waals surface area (Å²) in [7, 11) is 0. The maximum Gasteiger partial charge on any atom is 0.209 e. The molecule has 0 aliphatic rings. The zero-order chi connectivity index (χ0) is 86.3. The third-order valence-electron chi connectivity index (χ3n) is 20.1. The maximum atomic E-state index is 14.3. The van der Waals surface area contributed by atoms with Gasteiger partial charge in [0.05, 0.1) is 5.56 Å². The van der Waals surface area contributed by atoms with Crippen LogP contribution in [0.2, 0.25) is 0 Å². The minimum atomic E-state index is -0.580. The lowest BCUT2D eigenvalue weighted by atomic mass is 10.0. The van der Waals surface area contributed by atoms with Crippen molar-refractivity contribution in [2.75, 3.05) is 52.4 Å². The van der Waals surface area contributed by atoms with Crippen molar-refractivity contribution < 1.29 is 62.9 Å². The maximum absolute atomic E-state index is 14.3. The molecule has 0 amide bonds. The average molecular weight is 1720 g/mol. The van der Waals surface area contributed by atoms with Crippen LogP contribution >= 0.6 is 45.3 Å². The number of fused-ring (bicyclic) bond motifs is 4. The summed E-state index contributed by atoms with van der Waals surface area (Å²) in [4.78, 5) is 54.9. The van der Waals surface area contributed by atoms with Gasteiger partial charge >= 0.3 is 0 Å². The zero-order valence-electron chi connectivity index (χ0n) is 69.0. The molecule has 0 unspecified atom stereocenters. The third-order valence-corrected chi connectivity index (χ3v) is 24.7. The van der Waals surface area contributed by atoms with Gasteiger partial charge in [0.15, 0.2) is 23.0 Å². The normalized spacial score (nSPS) is 11.0. The van der Waals surface area contributed by atoms with E-state index in [2.05, 4.69) is 73.2 Å². The molecule has 123 heavy (non-hydrogen) atoms. The van der Waals surface area contributed by atoms with E-state index >= 15 is 0 Å². The van der Waals surface area contributed by atoms with Crippen molar-refractivity contribution >= 4 is 109 Å². The lowest BCUT2D eigenvalue weighted by molar-refractivity contribution is 0.102. The number of thiophene rings is 4. The molecule has 16 aromatic rings. The summed E-state index contributed by atoms with van der Waals surface area (Å²) in [6.45, 7) is 19.8. The van der Waals surface area contributed by atoms with Gasteiger partial charge in [-0.2, -0.15) is 0 Å². The summed E-state index contributed by atoms with van der Waals surface area (Å²) in [6.07, 6.45) is 3.76. The van der Waals surface area contributed by atoms with Crippen LogP contribution in [0.5, 0.6) is 69.0 Å². The lowest BCUT2D eigenvalue weighted by Crippen LogP contribution is -2.15. The van der Waals surface area contributed by atoms with E-state index in [1.165, 1.54) is 79.7 Å². The molecule has 626 valence electrons. The molecule has 0 aliphatic heterocycles. The molecule has 0 saturated heterocycles. The van der Waals surface area contributed by atoms with Crippen molar-refractivity contribution in [2.24, 2.45) is 0 Å². The first-order valence-electron chi connectivity index (χ1n) is 40.9. The van der Waals surface area contributed by atoms with E-state index in [-0.39, 0.29) is 45.9 Å². The lowest BCUT2D eigenvalue weighted by Gasteiger charge is -2.10. The first kappa shape index (κ1) is 88.1. The first-order valence-corrected chi connectivity index (χ1v) is 44.1. The minimum Gasteiger partial charge on any atom is -0.508 e. The van der Waals surface area contributed by atoms with Crippen molar-refractivity contribution in [3.8, 4) is 69.0 Å². The van der Waals surface area contributed by atoms with Crippen LogP contribution in [0.15, 0.2) is 273 Å². The number of aromatic hydroxyl groups is 4. The quantitative estimate of drug-likeness (QED) is 0.0145. The summed E-state index contributed by atoms with van der Waals surface area (Å²) >= 11 is 5.19. The van der Waals surface area contributed by atoms with Crippen LogP contribution in [0, 0.1) is 19.7 Å². The number of rotatable bonds is 32. The van der Waals surface area contributed by atoms with E-state index in [0.29, 0.717) is 92.3 Å². The Morgan fingerprint density at radius 3 is 0.894 bits per heavy atom. The Hall–Kier alpha value is -12.7. The SMILES string of the molecule is CCNCCc1ccc(Oc2c(C(=O)c3ccc(C)cc3)sc3cc(O)ccc23)cc1.CCNCCc1ccc(Oc2c(C(=O)c3ccccc3)sc3cc(O)ccc23)cc1.CCNCCc1ccc(Oc2c(C(=O)c3ccccc3C)sc3cc(O)ccc23)cc1.CCNCCc1ccc(Oc2c(C(=O)c3ccccc3F)sc3cc(O)ccc23)cc1. The van der Waals surface area contributed by atoms with Gasteiger partial charge in [-0.05, 0) is 253 Å². The molecule has 21 heteroatoms. The molecule has 0 atom stereocenters. The van der Waals surface area contributed by atoms with Crippen LogP contribution in [0.4, 0.5) is 4.39 Å². The number of aryl methyl sites for hydroxylation is 2. The Bertz CT molecular complexity index is 6110. The van der Waals surface area contributed by atoms with E-state index in [1.54, 1.807) is 97.1 Å². The Morgan fingerprint density at radius 2 is 0.585 bits per heavy atom. The molecule has 16 nitrogen and oxygen atoms in total. The van der Waals surface area contributed by atoms with Crippen LogP contribution in [-0.2, 0) is 25.7 Å². The van der Waals surface area contributed by atoms with E-state index in [0.717, 1.165) is 119 Å². The summed E-state index contributed by atoms with van der Waals surface area (Å²) in [5.74, 6) is 3.91. The number of benzene rings is 12. The van der Waals surface area contributed by atoms with Crippen LogP contribution < -0.4 is 40.2 Å². The molecule has 0 radical (unpaired) electrons. The van der Waals surface area contributed by atoms with E-state index in [4.69, 9.17) is 18.9 Å². The molecular weight excluding hydrogens is 1620 g/mol. The predicted octanol–water partition coefficient (Wildman–Crippen LogP) is 23.9. The Kier molecular flexibility index (Phi) is 30.6. The summed E-state index contributed by atoms with van der Waals surface area (Å²) in [5.41, 5.74) is 8.74. The third kappa shape index (κ3) is 22.7. The van der Waals surface area contributed by atoms with Crippen LogP contribution in [0.3, 0.4) is 0 Å². The number of ketones is 4. The number of nitrogens with one attached hydrogen (secondary N) is 4. The number of ether oxygens (including phenoxy) is 4. The van der Waals surface area contributed by atoms with Gasteiger partial charge in [-0.15, -0.1) is 45.3 Å². The van der Waals surface area contributed by atoms with Gasteiger partial charge in [0.2, 0.25) is 23.1 Å². The number of hydrogen-bond donors (Lipinski definition) is 8. The number of likely N-dealkylation sites (N-methyl/N-ethyl adjacent to an activating group) is 4. The average Bonchev–Trinajstić information content (AvgIpc) is 1.65. The highest BCUT2D eigenvalue weighted by atomic mass is 32.1. The molecule has 0 fully saturated rings. The van der Waals surface area contributed by atoms with Gasteiger partial charge in [0.25, 0.3) is 0 Å². The largest absolute Gasteiger partial charge is 0.508 e. The van der Waals surface area contributed by atoms with Crippen LogP contribution in [-0.4, -0.2) is 95.9 Å². The number of phenols is 4. The van der Waals surface area contributed by atoms with Crippen molar-refractivity contribution in [1.82, 2.24) is 21.3 Å². The fraction of sp³-hybridized carbons (Fsp3) is 0.176. The molecule has 0 spiro atoms. The van der Waals surface area contributed by atoms with Crippen molar-refractivity contribution in [1.29, 1.82) is 0 Å². The minimum absolute atomic E-state index is 0.0121. The van der Waals surface area contributed by atoms with Crippen molar-refractivity contribution in [2.45, 2.75) is 67.2 Å². The fourth-order valence-corrected chi connectivity index (χ4v) is 18.0. The molecule has 16 rings (SSSR count). The Morgan fingerprint density at radius 1 is 0.309 bits per heavy atom. The van der Waals surface area contributed by atoms with E-state index in [1.807, 2.05) is 153 Å². The van der Waals surface area contributed by atoms with Gasteiger partial charge in [-0.1, -0.05) is 173 Å². The summed E-state index contributed by atoms with van der Waals surface area (Å²) in [6, 6.07) is 81.9. The van der Waals surface area contributed by atoms with Gasteiger partial charge in [0, 0.05) is 57.0 Å². The molecule has 0 bridgehead atoms. The van der Waals surface area contributed by atoms with E-state index < -0.39 is 11.6 Å². The molecule has 12 aromatic carbocycles. The molecule has 0 aliphatic carbocycles. The molecule has 4 heterocycles.